The molecule has 0 radical (unpaired) electrons. The zero-order chi connectivity index (χ0) is 29.0. The van der Waals surface area contributed by atoms with E-state index >= 15 is 0 Å². The Kier molecular flexibility index (Phi) is 5.87. The third kappa shape index (κ3) is 4.05. The molecule has 2 aliphatic heterocycles. The summed E-state index contributed by atoms with van der Waals surface area (Å²) < 4.78 is 13.4. The molecule has 2 heterocycles. The molecule has 9 rings (SSSR count). The number of aryl methyl sites for hydroxylation is 2. The summed E-state index contributed by atoms with van der Waals surface area (Å²) in [6, 6.07) is 47.6. The van der Waals surface area contributed by atoms with Gasteiger partial charge in [0.1, 0.15) is 23.0 Å². The number of anilines is 3. The van der Waals surface area contributed by atoms with Crippen LogP contribution in [-0.4, -0.2) is 6.71 Å². The Balaban J connectivity index is 1.30. The highest BCUT2D eigenvalue weighted by Crippen LogP contribution is 2.46. The highest BCUT2D eigenvalue weighted by atomic mass is 16.5. The number of fused-ring (bicyclic) bond motifs is 5. The molecule has 210 valence electrons. The molecule has 0 spiro atoms. The Hall–Kier alpha value is -5.22. The normalized spacial score (nSPS) is 13.9. The van der Waals surface area contributed by atoms with Crippen LogP contribution < -0.4 is 30.8 Å². The summed E-state index contributed by atoms with van der Waals surface area (Å²) in [5.41, 5.74) is 12.1. The van der Waals surface area contributed by atoms with Gasteiger partial charge in [-0.3, -0.25) is 0 Å². The van der Waals surface area contributed by atoms with Crippen LogP contribution in [0, 0.1) is 0 Å². The van der Waals surface area contributed by atoms with E-state index in [9.17, 15) is 0 Å². The summed E-state index contributed by atoms with van der Waals surface area (Å²) in [5.74, 6) is 3.48. The number of para-hydroxylation sites is 3. The third-order valence-corrected chi connectivity index (χ3v) is 9.34. The van der Waals surface area contributed by atoms with Crippen LogP contribution in [0.2, 0.25) is 0 Å². The molecule has 6 aromatic rings. The van der Waals surface area contributed by atoms with Crippen LogP contribution in [0.1, 0.15) is 24.0 Å². The first-order chi connectivity index (χ1) is 21.8. The lowest BCUT2D eigenvalue weighted by molar-refractivity contribution is 0.465. The van der Waals surface area contributed by atoms with E-state index in [0.29, 0.717) is 0 Å². The van der Waals surface area contributed by atoms with Gasteiger partial charge in [-0.05, 0) is 89.7 Å². The molecule has 0 unspecified atom stereocenters. The molecule has 0 aromatic heterocycles. The molecule has 0 saturated carbocycles. The van der Waals surface area contributed by atoms with Crippen LogP contribution in [0.3, 0.4) is 0 Å². The van der Waals surface area contributed by atoms with Crippen LogP contribution in [0.4, 0.5) is 17.1 Å². The van der Waals surface area contributed by atoms with E-state index in [1.54, 1.807) is 0 Å². The highest BCUT2D eigenvalue weighted by Gasteiger charge is 2.40. The smallest absolute Gasteiger partial charge is 0.260 e. The Morgan fingerprint density at radius 2 is 1.05 bits per heavy atom. The van der Waals surface area contributed by atoms with Crippen LogP contribution in [-0.2, 0) is 12.8 Å². The number of hydrogen-bond acceptors (Lipinski definition) is 3. The zero-order valence-electron chi connectivity index (χ0n) is 24.4. The second-order valence-electron chi connectivity index (χ2n) is 12.0. The van der Waals surface area contributed by atoms with Gasteiger partial charge >= 0.3 is 0 Å². The van der Waals surface area contributed by atoms with Gasteiger partial charge < -0.3 is 14.4 Å². The summed E-state index contributed by atoms with van der Waals surface area (Å²) in [6.07, 6.45) is 4.71. The van der Waals surface area contributed by atoms with Gasteiger partial charge in [0.05, 0.1) is 11.4 Å². The molecular formula is C40H30BNO2. The van der Waals surface area contributed by atoms with Crippen molar-refractivity contribution in [2.45, 2.75) is 25.7 Å². The fourth-order valence-electron chi connectivity index (χ4n) is 7.32. The van der Waals surface area contributed by atoms with E-state index in [0.717, 1.165) is 52.7 Å². The summed E-state index contributed by atoms with van der Waals surface area (Å²) in [6.45, 7) is 0.0535. The van der Waals surface area contributed by atoms with Gasteiger partial charge in [-0.15, -0.1) is 0 Å². The van der Waals surface area contributed by atoms with Gasteiger partial charge in [0, 0.05) is 28.8 Å². The van der Waals surface area contributed by atoms with Gasteiger partial charge in [0.2, 0.25) is 0 Å². The van der Waals surface area contributed by atoms with Crippen molar-refractivity contribution in [1.82, 2.24) is 0 Å². The molecule has 0 amide bonds. The van der Waals surface area contributed by atoms with Crippen molar-refractivity contribution in [3.05, 3.63) is 145 Å². The first kappa shape index (κ1) is 25.3. The van der Waals surface area contributed by atoms with Gasteiger partial charge in [0.25, 0.3) is 6.71 Å². The van der Waals surface area contributed by atoms with Crippen molar-refractivity contribution in [2.75, 3.05) is 4.90 Å². The Morgan fingerprint density at radius 1 is 0.500 bits per heavy atom. The number of ether oxygens (including phenoxy) is 2. The molecule has 1 aliphatic carbocycles. The zero-order valence-corrected chi connectivity index (χ0v) is 24.4. The molecule has 44 heavy (non-hydrogen) atoms. The van der Waals surface area contributed by atoms with Crippen LogP contribution in [0.5, 0.6) is 23.0 Å². The lowest BCUT2D eigenvalue weighted by atomic mass is 9.35. The lowest BCUT2D eigenvalue weighted by Crippen LogP contribution is -2.57. The predicted octanol–water partition coefficient (Wildman–Crippen LogP) is 8.43. The molecule has 0 N–H and O–H groups in total. The summed E-state index contributed by atoms with van der Waals surface area (Å²) in [7, 11) is 0. The predicted molar refractivity (Wildman–Crippen MR) is 181 cm³/mol. The van der Waals surface area contributed by atoms with E-state index in [-0.39, 0.29) is 6.71 Å². The second kappa shape index (κ2) is 10.2. The monoisotopic (exact) mass is 567 g/mol. The average Bonchev–Trinajstić information content (AvgIpc) is 3.08. The van der Waals surface area contributed by atoms with Crippen molar-refractivity contribution in [2.24, 2.45) is 0 Å². The Labute approximate surface area is 258 Å². The van der Waals surface area contributed by atoms with Crippen LogP contribution in [0.25, 0.3) is 11.1 Å². The summed E-state index contributed by atoms with van der Waals surface area (Å²) in [4.78, 5) is 2.39. The van der Waals surface area contributed by atoms with Crippen molar-refractivity contribution in [3.63, 3.8) is 0 Å². The largest absolute Gasteiger partial charge is 0.458 e. The maximum atomic E-state index is 6.70. The van der Waals surface area contributed by atoms with Crippen molar-refractivity contribution < 1.29 is 9.47 Å². The molecule has 6 aromatic carbocycles. The SMILES string of the molecule is c1ccc(-c2cc3c(cc2N(c2ccccc2)c2cc4c5c(c2)Oc2ccccc2B5c2ccccc2O4)CCCC3)cc1. The minimum Gasteiger partial charge on any atom is -0.458 e. The molecule has 3 aliphatic rings. The molecule has 0 fully saturated rings. The third-order valence-electron chi connectivity index (χ3n) is 9.34. The molecule has 0 atom stereocenters. The average molecular weight is 567 g/mol. The maximum Gasteiger partial charge on any atom is 0.260 e. The summed E-state index contributed by atoms with van der Waals surface area (Å²) in [5, 5.41) is 0. The standard InChI is InChI=1S/C40H30BNO2/c1-3-13-27(14-4-1)32-23-28-15-7-8-16-29(28)24-35(32)42(30-17-5-2-6-18-30)31-25-38-40-39(26-31)44-37-22-12-10-20-34(37)41(40)33-19-9-11-21-36(33)43-38/h1-6,9-14,17-26H,7-8,15-16H2. The number of benzene rings is 6. The van der Waals surface area contributed by atoms with E-state index < -0.39 is 0 Å². The fraction of sp³-hybridized carbons (Fsp3) is 0.100. The quantitative estimate of drug-likeness (QED) is 0.199. The summed E-state index contributed by atoms with van der Waals surface area (Å²) >= 11 is 0. The number of hydrogen-bond donors (Lipinski definition) is 0. The van der Waals surface area contributed by atoms with E-state index in [4.69, 9.17) is 9.47 Å². The minimum atomic E-state index is 0.0535. The van der Waals surface area contributed by atoms with E-state index in [2.05, 4.69) is 138 Å². The highest BCUT2D eigenvalue weighted by molar-refractivity contribution is 6.98. The van der Waals surface area contributed by atoms with Crippen LogP contribution in [0.15, 0.2) is 133 Å². The van der Waals surface area contributed by atoms with Crippen molar-refractivity contribution in [1.29, 1.82) is 0 Å². The van der Waals surface area contributed by atoms with Gasteiger partial charge in [0.15, 0.2) is 0 Å². The number of rotatable bonds is 4. The molecule has 3 nitrogen and oxygen atoms in total. The Morgan fingerprint density at radius 3 is 1.68 bits per heavy atom. The Bertz CT molecular complexity index is 1970. The van der Waals surface area contributed by atoms with Crippen molar-refractivity contribution in [3.8, 4) is 34.1 Å². The van der Waals surface area contributed by atoms with Gasteiger partial charge in [-0.25, -0.2) is 0 Å². The van der Waals surface area contributed by atoms with Gasteiger partial charge in [-0.2, -0.15) is 0 Å². The van der Waals surface area contributed by atoms with E-state index in [1.165, 1.54) is 51.7 Å². The molecular weight excluding hydrogens is 537 g/mol. The first-order valence-electron chi connectivity index (χ1n) is 15.6. The van der Waals surface area contributed by atoms with Crippen LogP contribution >= 0.6 is 0 Å². The topological polar surface area (TPSA) is 21.7 Å². The molecule has 0 saturated heterocycles. The molecule has 0 bridgehead atoms. The first-order valence-corrected chi connectivity index (χ1v) is 15.6. The van der Waals surface area contributed by atoms with E-state index in [1.807, 2.05) is 0 Å². The number of nitrogens with zero attached hydrogens (tertiary/aromatic N) is 1. The minimum absolute atomic E-state index is 0.0535. The van der Waals surface area contributed by atoms with Crippen molar-refractivity contribution >= 4 is 40.2 Å². The lowest BCUT2D eigenvalue weighted by Gasteiger charge is -2.35. The van der Waals surface area contributed by atoms with Gasteiger partial charge in [-0.1, -0.05) is 84.9 Å². The second-order valence-corrected chi connectivity index (χ2v) is 12.0. The fourth-order valence-corrected chi connectivity index (χ4v) is 7.32. The molecule has 4 heteroatoms. The maximum absolute atomic E-state index is 6.70.